The van der Waals surface area contributed by atoms with Crippen LogP contribution in [0.4, 0.5) is 0 Å². The zero-order chi connectivity index (χ0) is 12.8. The summed E-state index contributed by atoms with van der Waals surface area (Å²) in [6.45, 7) is 1.70. The van der Waals surface area contributed by atoms with Gasteiger partial charge in [-0.05, 0) is 5.56 Å². The van der Waals surface area contributed by atoms with E-state index < -0.39 is 6.10 Å². The van der Waals surface area contributed by atoms with Crippen molar-refractivity contribution in [2.24, 2.45) is 0 Å². The monoisotopic (exact) mass is 269 g/mol. The number of rotatable bonds is 4. The molecule has 1 N–H and O–H groups in total. The van der Waals surface area contributed by atoms with E-state index in [2.05, 4.69) is 5.32 Å². The summed E-state index contributed by atoms with van der Waals surface area (Å²) in [6, 6.07) is 9.64. The van der Waals surface area contributed by atoms with Gasteiger partial charge >= 0.3 is 0 Å². The second-order valence-corrected chi connectivity index (χ2v) is 4.58. The van der Waals surface area contributed by atoms with Crippen molar-refractivity contribution in [3.05, 3.63) is 35.9 Å². The lowest BCUT2D eigenvalue weighted by Gasteiger charge is -2.22. The molecule has 1 saturated heterocycles. The Kier molecular flexibility index (Phi) is 4.99. The van der Waals surface area contributed by atoms with E-state index >= 15 is 0 Å². The largest absolute Gasteiger partial charge is 0.376 e. The Balaban J connectivity index is 1.78. The van der Waals surface area contributed by atoms with Gasteiger partial charge in [-0.15, -0.1) is 11.6 Å². The van der Waals surface area contributed by atoms with Crippen LogP contribution in [0.2, 0.25) is 0 Å². The van der Waals surface area contributed by atoms with Gasteiger partial charge in [0.25, 0.3) is 5.91 Å². The van der Waals surface area contributed by atoms with E-state index in [1.54, 1.807) is 0 Å². The van der Waals surface area contributed by atoms with Gasteiger partial charge in [0.1, 0.15) is 0 Å². The second kappa shape index (κ2) is 6.73. The lowest BCUT2D eigenvalue weighted by Crippen LogP contribution is -2.43. The van der Waals surface area contributed by atoms with Crippen molar-refractivity contribution in [2.45, 2.75) is 11.5 Å². The van der Waals surface area contributed by atoms with Crippen LogP contribution < -0.4 is 5.32 Å². The zero-order valence-electron chi connectivity index (χ0n) is 9.97. The van der Waals surface area contributed by atoms with Gasteiger partial charge in [0, 0.05) is 6.54 Å². The number of ether oxygens (including phenoxy) is 2. The fourth-order valence-corrected chi connectivity index (χ4v) is 1.95. The van der Waals surface area contributed by atoms with Crippen LogP contribution in [0.25, 0.3) is 0 Å². The Morgan fingerprint density at radius 2 is 2.17 bits per heavy atom. The predicted molar refractivity (Wildman–Crippen MR) is 68.6 cm³/mol. The quantitative estimate of drug-likeness (QED) is 0.843. The van der Waals surface area contributed by atoms with Gasteiger partial charge in [-0.3, -0.25) is 4.79 Å². The minimum atomic E-state index is -0.515. The summed E-state index contributed by atoms with van der Waals surface area (Å²) >= 11 is 6.20. The highest BCUT2D eigenvalue weighted by molar-refractivity contribution is 6.21. The third kappa shape index (κ3) is 3.70. The van der Waals surface area contributed by atoms with Crippen molar-refractivity contribution in [3.63, 3.8) is 0 Å². The third-order valence-corrected chi connectivity index (χ3v) is 3.13. The summed E-state index contributed by atoms with van der Waals surface area (Å²) in [4.78, 5) is 11.8. The molecule has 2 rings (SSSR count). The van der Waals surface area contributed by atoms with Crippen LogP contribution in [0.1, 0.15) is 10.9 Å². The highest BCUT2D eigenvalue weighted by Crippen LogP contribution is 2.18. The van der Waals surface area contributed by atoms with E-state index in [1.165, 1.54) is 0 Å². The maximum absolute atomic E-state index is 11.8. The molecule has 0 aromatic heterocycles. The predicted octanol–water partition coefficient (Wildman–Crippen LogP) is 1.50. The van der Waals surface area contributed by atoms with E-state index in [0.29, 0.717) is 26.4 Å². The number of hydrogen-bond acceptors (Lipinski definition) is 3. The van der Waals surface area contributed by atoms with Crippen LogP contribution in [0.3, 0.4) is 0 Å². The summed E-state index contributed by atoms with van der Waals surface area (Å²) < 4.78 is 10.5. The first-order valence-electron chi connectivity index (χ1n) is 5.93. The maximum atomic E-state index is 11.8. The second-order valence-electron chi connectivity index (χ2n) is 4.06. The molecule has 5 heteroatoms. The van der Waals surface area contributed by atoms with Crippen molar-refractivity contribution < 1.29 is 14.3 Å². The van der Waals surface area contributed by atoms with E-state index in [4.69, 9.17) is 21.1 Å². The van der Waals surface area contributed by atoms with Gasteiger partial charge in [-0.2, -0.15) is 0 Å². The molecule has 0 bridgehead atoms. The van der Waals surface area contributed by atoms with Gasteiger partial charge in [-0.1, -0.05) is 30.3 Å². The van der Waals surface area contributed by atoms with Gasteiger partial charge in [-0.25, -0.2) is 0 Å². The number of nitrogens with one attached hydrogen (secondary N) is 1. The number of alkyl halides is 1. The standard InChI is InChI=1S/C13H16ClNO3/c14-11(10-4-2-1-3-5-10)8-15-13(16)12-9-17-6-7-18-12/h1-5,11-12H,6-9H2,(H,15,16). The van der Waals surface area contributed by atoms with Crippen LogP contribution in [0.5, 0.6) is 0 Å². The fourth-order valence-electron chi connectivity index (χ4n) is 1.72. The van der Waals surface area contributed by atoms with Crippen LogP contribution >= 0.6 is 11.6 Å². The van der Waals surface area contributed by atoms with Crippen molar-refractivity contribution >= 4 is 17.5 Å². The van der Waals surface area contributed by atoms with Crippen molar-refractivity contribution in [3.8, 4) is 0 Å². The number of carbonyl (C=O) groups is 1. The molecule has 1 aliphatic heterocycles. The summed E-state index contributed by atoms with van der Waals surface area (Å²) in [5, 5.41) is 2.54. The van der Waals surface area contributed by atoms with Crippen molar-refractivity contribution in [1.82, 2.24) is 5.32 Å². The lowest BCUT2D eigenvalue weighted by atomic mass is 10.1. The van der Waals surface area contributed by atoms with Gasteiger partial charge in [0.2, 0.25) is 0 Å². The Labute approximate surface area is 111 Å². The molecule has 1 amide bonds. The first-order chi connectivity index (χ1) is 8.77. The molecule has 1 aromatic rings. The number of benzene rings is 1. The molecule has 18 heavy (non-hydrogen) atoms. The van der Waals surface area contributed by atoms with Crippen LogP contribution in [0.15, 0.2) is 30.3 Å². The van der Waals surface area contributed by atoms with Crippen LogP contribution in [-0.2, 0) is 14.3 Å². The highest BCUT2D eigenvalue weighted by atomic mass is 35.5. The first-order valence-corrected chi connectivity index (χ1v) is 6.37. The minimum absolute atomic E-state index is 0.170. The Morgan fingerprint density at radius 1 is 1.39 bits per heavy atom. The smallest absolute Gasteiger partial charge is 0.251 e. The summed E-state index contributed by atoms with van der Waals surface area (Å²) in [5.74, 6) is -0.170. The SMILES string of the molecule is O=C(NCC(Cl)c1ccccc1)C1COCCO1. The number of amides is 1. The van der Waals surface area contributed by atoms with Gasteiger partial charge in [0.15, 0.2) is 6.10 Å². The van der Waals surface area contributed by atoms with Crippen molar-refractivity contribution in [1.29, 1.82) is 0 Å². The average molecular weight is 270 g/mol. The van der Waals surface area contributed by atoms with Crippen LogP contribution in [-0.4, -0.2) is 38.4 Å². The third-order valence-electron chi connectivity index (χ3n) is 2.73. The normalized spacial score (nSPS) is 21.3. The van der Waals surface area contributed by atoms with Crippen LogP contribution in [0, 0.1) is 0 Å². The van der Waals surface area contributed by atoms with Gasteiger partial charge in [0.05, 0.1) is 25.2 Å². The van der Waals surface area contributed by atoms with E-state index in [9.17, 15) is 4.79 Å². The Hall–Kier alpha value is -1.10. The average Bonchev–Trinajstić information content (AvgIpc) is 2.46. The number of carbonyl (C=O) groups excluding carboxylic acids is 1. The lowest BCUT2D eigenvalue weighted by molar-refractivity contribution is -0.147. The molecule has 2 unspecified atom stereocenters. The molecule has 1 heterocycles. The minimum Gasteiger partial charge on any atom is -0.376 e. The molecule has 1 aromatic carbocycles. The van der Waals surface area contributed by atoms with E-state index in [0.717, 1.165) is 5.56 Å². The molecular formula is C13H16ClNO3. The summed E-state index contributed by atoms with van der Waals surface area (Å²) in [5.41, 5.74) is 0.986. The molecule has 2 atom stereocenters. The molecule has 98 valence electrons. The molecule has 1 aliphatic rings. The molecule has 1 fully saturated rings. The zero-order valence-corrected chi connectivity index (χ0v) is 10.7. The van der Waals surface area contributed by atoms with E-state index in [-0.39, 0.29) is 11.3 Å². The van der Waals surface area contributed by atoms with E-state index in [1.807, 2.05) is 30.3 Å². The van der Waals surface area contributed by atoms with Gasteiger partial charge < -0.3 is 14.8 Å². The summed E-state index contributed by atoms with van der Waals surface area (Å²) in [6.07, 6.45) is -0.515. The molecule has 4 nitrogen and oxygen atoms in total. The molecule has 0 spiro atoms. The van der Waals surface area contributed by atoms with Crippen molar-refractivity contribution in [2.75, 3.05) is 26.4 Å². The first kappa shape index (κ1) is 13.3. The topological polar surface area (TPSA) is 47.6 Å². The number of hydrogen-bond donors (Lipinski definition) is 1. The Morgan fingerprint density at radius 3 is 2.83 bits per heavy atom. The molecule has 0 aliphatic carbocycles. The molecule has 0 saturated carbocycles. The maximum Gasteiger partial charge on any atom is 0.251 e. The highest BCUT2D eigenvalue weighted by Gasteiger charge is 2.22. The molecular weight excluding hydrogens is 254 g/mol. The fraction of sp³-hybridized carbons (Fsp3) is 0.462. The summed E-state index contributed by atoms with van der Waals surface area (Å²) in [7, 11) is 0. The molecule has 0 radical (unpaired) electrons. The Bertz CT molecular complexity index is 379. The number of halogens is 1.